The molecule has 0 bridgehead atoms. The number of pyridine rings is 1. The molecular formula is C12H17N5. The molecule has 1 fully saturated rings. The van der Waals surface area contributed by atoms with E-state index in [0.29, 0.717) is 11.7 Å². The highest BCUT2D eigenvalue weighted by Crippen LogP contribution is 2.24. The van der Waals surface area contributed by atoms with E-state index in [1.165, 1.54) is 6.42 Å². The average Bonchev–Trinajstić information content (AvgIpc) is 2.68. The number of aryl methyl sites for hydroxylation is 1. The van der Waals surface area contributed by atoms with Crippen molar-refractivity contribution in [3.63, 3.8) is 0 Å². The van der Waals surface area contributed by atoms with E-state index in [9.17, 15) is 0 Å². The second-order valence-electron chi connectivity index (χ2n) is 4.67. The number of hydrogen-bond donors (Lipinski definition) is 2. The first-order valence-corrected chi connectivity index (χ1v) is 6.07. The maximum absolute atomic E-state index is 5.77. The van der Waals surface area contributed by atoms with Crippen LogP contribution >= 0.6 is 0 Å². The number of nitrogens with one attached hydrogen (secondary N) is 1. The molecule has 0 aromatic carbocycles. The standard InChI is InChI=1S/C12H17N5/c1-8-11-5-9(13)6-15-12(11)17(16-8)10-3-2-4-14-7-10/h5-6,10,14H,2-4,7,13H2,1H3. The lowest BCUT2D eigenvalue weighted by molar-refractivity contribution is 0.352. The number of anilines is 1. The molecule has 1 aliphatic heterocycles. The van der Waals surface area contributed by atoms with Gasteiger partial charge in [0.2, 0.25) is 0 Å². The Hall–Kier alpha value is -1.62. The van der Waals surface area contributed by atoms with Gasteiger partial charge in [0.05, 0.1) is 23.6 Å². The number of aromatic nitrogens is 3. The van der Waals surface area contributed by atoms with E-state index in [-0.39, 0.29) is 0 Å². The lowest BCUT2D eigenvalue weighted by Gasteiger charge is -2.23. The van der Waals surface area contributed by atoms with Gasteiger partial charge in [0, 0.05) is 11.9 Å². The van der Waals surface area contributed by atoms with Gasteiger partial charge in [-0.05, 0) is 32.4 Å². The van der Waals surface area contributed by atoms with Crippen molar-refractivity contribution in [2.75, 3.05) is 18.8 Å². The highest BCUT2D eigenvalue weighted by atomic mass is 15.3. The molecule has 1 unspecified atom stereocenters. The van der Waals surface area contributed by atoms with E-state index in [1.54, 1.807) is 6.20 Å². The van der Waals surface area contributed by atoms with Crippen LogP contribution in [-0.4, -0.2) is 27.9 Å². The fourth-order valence-electron chi connectivity index (χ4n) is 2.48. The third-order valence-corrected chi connectivity index (χ3v) is 3.37. The molecule has 3 heterocycles. The first-order chi connectivity index (χ1) is 8.25. The summed E-state index contributed by atoms with van der Waals surface area (Å²) >= 11 is 0. The van der Waals surface area contributed by atoms with Crippen LogP contribution in [-0.2, 0) is 0 Å². The van der Waals surface area contributed by atoms with Crippen LogP contribution in [0.25, 0.3) is 11.0 Å². The largest absolute Gasteiger partial charge is 0.397 e. The molecule has 0 amide bonds. The molecule has 1 atom stereocenters. The van der Waals surface area contributed by atoms with Gasteiger partial charge in [-0.25, -0.2) is 9.67 Å². The second kappa shape index (κ2) is 4.00. The molecule has 2 aromatic heterocycles. The Morgan fingerprint density at radius 2 is 2.41 bits per heavy atom. The summed E-state index contributed by atoms with van der Waals surface area (Å²) in [7, 11) is 0. The molecule has 3 N–H and O–H groups in total. The number of nitrogens with zero attached hydrogens (tertiary/aromatic N) is 3. The van der Waals surface area contributed by atoms with E-state index in [2.05, 4.69) is 20.1 Å². The van der Waals surface area contributed by atoms with E-state index in [4.69, 9.17) is 5.73 Å². The molecule has 0 spiro atoms. The Balaban J connectivity index is 2.10. The summed E-state index contributed by atoms with van der Waals surface area (Å²) in [6.45, 7) is 4.09. The van der Waals surface area contributed by atoms with Crippen molar-refractivity contribution in [1.29, 1.82) is 0 Å². The van der Waals surface area contributed by atoms with E-state index in [1.807, 2.05) is 13.0 Å². The Kier molecular flexibility index (Phi) is 2.48. The summed E-state index contributed by atoms with van der Waals surface area (Å²) in [4.78, 5) is 4.42. The minimum absolute atomic E-state index is 0.413. The zero-order chi connectivity index (χ0) is 11.8. The van der Waals surface area contributed by atoms with Gasteiger partial charge in [0.25, 0.3) is 0 Å². The van der Waals surface area contributed by atoms with Crippen LogP contribution in [0.4, 0.5) is 5.69 Å². The number of piperidine rings is 1. The first kappa shape index (κ1) is 10.5. The van der Waals surface area contributed by atoms with Crippen LogP contribution in [0, 0.1) is 6.92 Å². The fourth-order valence-corrected chi connectivity index (χ4v) is 2.48. The molecule has 1 aliphatic rings. The molecule has 0 aliphatic carbocycles. The molecule has 17 heavy (non-hydrogen) atoms. The van der Waals surface area contributed by atoms with Gasteiger partial charge in [-0.15, -0.1) is 0 Å². The quantitative estimate of drug-likeness (QED) is 0.775. The molecule has 1 saturated heterocycles. The lowest BCUT2D eigenvalue weighted by Crippen LogP contribution is -2.32. The Labute approximate surface area is 100 Å². The fraction of sp³-hybridized carbons (Fsp3) is 0.500. The molecule has 2 aromatic rings. The maximum Gasteiger partial charge on any atom is 0.158 e. The first-order valence-electron chi connectivity index (χ1n) is 6.07. The van der Waals surface area contributed by atoms with Crippen molar-refractivity contribution in [3.05, 3.63) is 18.0 Å². The number of hydrogen-bond acceptors (Lipinski definition) is 4. The van der Waals surface area contributed by atoms with Crippen molar-refractivity contribution < 1.29 is 0 Å². The average molecular weight is 231 g/mol. The monoisotopic (exact) mass is 231 g/mol. The smallest absolute Gasteiger partial charge is 0.158 e. The van der Waals surface area contributed by atoms with Crippen LogP contribution in [0.5, 0.6) is 0 Å². The van der Waals surface area contributed by atoms with Crippen molar-refractivity contribution in [2.24, 2.45) is 0 Å². The van der Waals surface area contributed by atoms with E-state index >= 15 is 0 Å². The van der Waals surface area contributed by atoms with Gasteiger partial charge in [-0.1, -0.05) is 0 Å². The van der Waals surface area contributed by atoms with Crippen molar-refractivity contribution >= 4 is 16.7 Å². The topological polar surface area (TPSA) is 68.8 Å². The van der Waals surface area contributed by atoms with Crippen LogP contribution in [0.1, 0.15) is 24.6 Å². The lowest BCUT2D eigenvalue weighted by atomic mass is 10.1. The minimum Gasteiger partial charge on any atom is -0.397 e. The maximum atomic E-state index is 5.77. The number of fused-ring (bicyclic) bond motifs is 1. The van der Waals surface area contributed by atoms with Gasteiger partial charge >= 0.3 is 0 Å². The van der Waals surface area contributed by atoms with Gasteiger partial charge < -0.3 is 11.1 Å². The third kappa shape index (κ3) is 1.76. The SMILES string of the molecule is Cc1nn(C2CCCNC2)c2ncc(N)cc12. The molecule has 90 valence electrons. The molecular weight excluding hydrogens is 214 g/mol. The second-order valence-corrected chi connectivity index (χ2v) is 4.67. The number of nitrogen functional groups attached to an aromatic ring is 1. The van der Waals surface area contributed by atoms with E-state index < -0.39 is 0 Å². The van der Waals surface area contributed by atoms with Crippen molar-refractivity contribution in [1.82, 2.24) is 20.1 Å². The van der Waals surface area contributed by atoms with E-state index in [0.717, 1.165) is 36.2 Å². The summed E-state index contributed by atoms with van der Waals surface area (Å²) in [5.41, 5.74) is 8.42. The van der Waals surface area contributed by atoms with Crippen LogP contribution in [0.15, 0.2) is 12.3 Å². The van der Waals surface area contributed by atoms with Gasteiger partial charge in [0.15, 0.2) is 5.65 Å². The van der Waals surface area contributed by atoms with Crippen molar-refractivity contribution in [3.8, 4) is 0 Å². The molecule has 0 radical (unpaired) electrons. The third-order valence-electron chi connectivity index (χ3n) is 3.37. The summed E-state index contributed by atoms with van der Waals surface area (Å²) in [5.74, 6) is 0. The Bertz CT molecular complexity index is 539. The van der Waals surface area contributed by atoms with Gasteiger partial charge in [-0.2, -0.15) is 5.10 Å². The highest BCUT2D eigenvalue weighted by molar-refractivity contribution is 5.81. The molecule has 3 rings (SSSR count). The highest BCUT2D eigenvalue weighted by Gasteiger charge is 2.19. The Morgan fingerprint density at radius 1 is 1.53 bits per heavy atom. The predicted molar refractivity (Wildman–Crippen MR) is 67.8 cm³/mol. The molecule has 5 heteroatoms. The molecule has 0 saturated carbocycles. The molecule has 5 nitrogen and oxygen atoms in total. The van der Waals surface area contributed by atoms with Crippen molar-refractivity contribution in [2.45, 2.75) is 25.8 Å². The Morgan fingerprint density at radius 3 is 3.18 bits per heavy atom. The predicted octanol–water partition coefficient (Wildman–Crippen LogP) is 1.25. The summed E-state index contributed by atoms with van der Waals surface area (Å²) in [6.07, 6.45) is 4.06. The summed E-state index contributed by atoms with van der Waals surface area (Å²) in [5, 5.41) is 9.08. The van der Waals surface area contributed by atoms with Gasteiger partial charge in [0.1, 0.15) is 0 Å². The zero-order valence-corrected chi connectivity index (χ0v) is 9.98. The van der Waals surface area contributed by atoms with Gasteiger partial charge in [-0.3, -0.25) is 0 Å². The van der Waals surface area contributed by atoms with Crippen LogP contribution < -0.4 is 11.1 Å². The van der Waals surface area contributed by atoms with Crippen LogP contribution in [0.3, 0.4) is 0 Å². The summed E-state index contributed by atoms with van der Waals surface area (Å²) in [6, 6.07) is 2.37. The normalized spacial score (nSPS) is 20.9. The minimum atomic E-state index is 0.413. The zero-order valence-electron chi connectivity index (χ0n) is 9.98. The summed E-state index contributed by atoms with van der Waals surface area (Å²) < 4.78 is 2.05. The van der Waals surface area contributed by atoms with Crippen LogP contribution in [0.2, 0.25) is 0 Å². The number of nitrogens with two attached hydrogens (primary N) is 1. The number of rotatable bonds is 1.